The molecular formula is C19H28O3. The number of rotatable bonds is 3. The van der Waals surface area contributed by atoms with E-state index in [9.17, 15) is 4.79 Å². The van der Waals surface area contributed by atoms with E-state index < -0.39 is 0 Å². The molecule has 3 heteroatoms. The Morgan fingerprint density at radius 1 is 1.27 bits per heavy atom. The van der Waals surface area contributed by atoms with Gasteiger partial charge in [0.05, 0.1) is 12.7 Å². The van der Waals surface area contributed by atoms with Crippen molar-refractivity contribution < 1.29 is 14.3 Å². The third-order valence-corrected chi connectivity index (χ3v) is 6.13. The molecule has 0 spiro atoms. The maximum absolute atomic E-state index is 11.6. The van der Waals surface area contributed by atoms with Crippen LogP contribution in [0.1, 0.15) is 52.4 Å². The summed E-state index contributed by atoms with van der Waals surface area (Å²) in [7, 11) is 1.85. The number of methoxy groups -OCH3 is 1. The summed E-state index contributed by atoms with van der Waals surface area (Å²) in [5.74, 6) is 1.95. The number of allylic oxidation sites excluding steroid dienone is 3. The molecule has 1 heterocycles. The second kappa shape index (κ2) is 6.57. The summed E-state index contributed by atoms with van der Waals surface area (Å²) < 4.78 is 10.7. The number of fused-ring (bicyclic) bond motifs is 1. The first kappa shape index (κ1) is 15.8. The predicted octanol–water partition coefficient (Wildman–Crippen LogP) is 4.04. The van der Waals surface area contributed by atoms with Gasteiger partial charge < -0.3 is 9.47 Å². The molecule has 0 N–H and O–H groups in total. The third kappa shape index (κ3) is 2.88. The Morgan fingerprint density at radius 2 is 2.09 bits per heavy atom. The number of carbonyl (C=O) groups excluding carboxylic acids is 1. The van der Waals surface area contributed by atoms with Gasteiger partial charge in [-0.25, -0.2) is 4.79 Å². The molecule has 0 amide bonds. The van der Waals surface area contributed by atoms with Crippen LogP contribution in [0.4, 0.5) is 0 Å². The lowest BCUT2D eigenvalue weighted by atomic mass is 9.62. The number of esters is 1. The van der Waals surface area contributed by atoms with Crippen LogP contribution in [0.2, 0.25) is 0 Å². The van der Waals surface area contributed by atoms with Gasteiger partial charge in [-0.3, -0.25) is 0 Å². The molecule has 0 aromatic carbocycles. The first-order valence-electron chi connectivity index (χ1n) is 8.69. The molecule has 3 nitrogen and oxygen atoms in total. The zero-order chi connectivity index (χ0) is 15.7. The molecule has 0 aromatic heterocycles. The molecule has 1 aliphatic heterocycles. The van der Waals surface area contributed by atoms with Crippen molar-refractivity contribution in [2.75, 3.05) is 13.7 Å². The van der Waals surface area contributed by atoms with Gasteiger partial charge in [-0.15, -0.1) is 0 Å². The van der Waals surface area contributed by atoms with Gasteiger partial charge in [0, 0.05) is 19.1 Å². The summed E-state index contributed by atoms with van der Waals surface area (Å²) in [6.45, 7) is 5.20. The highest BCUT2D eigenvalue weighted by Gasteiger charge is 2.40. The monoisotopic (exact) mass is 304 g/mol. The largest absolute Gasteiger partial charge is 0.462 e. The van der Waals surface area contributed by atoms with Gasteiger partial charge in [-0.2, -0.15) is 0 Å². The van der Waals surface area contributed by atoms with Gasteiger partial charge in [0.25, 0.3) is 0 Å². The van der Waals surface area contributed by atoms with Crippen molar-refractivity contribution in [2.24, 2.45) is 17.8 Å². The smallest absolute Gasteiger partial charge is 0.333 e. The van der Waals surface area contributed by atoms with Crippen LogP contribution in [-0.4, -0.2) is 25.8 Å². The Balaban J connectivity index is 1.76. The first-order valence-corrected chi connectivity index (χ1v) is 8.69. The average Bonchev–Trinajstić information content (AvgIpc) is 2.92. The van der Waals surface area contributed by atoms with Crippen molar-refractivity contribution in [3.8, 4) is 0 Å². The molecule has 1 saturated heterocycles. The van der Waals surface area contributed by atoms with Crippen molar-refractivity contribution >= 4 is 5.97 Å². The molecule has 1 saturated carbocycles. The number of hydrogen-bond donors (Lipinski definition) is 0. The number of hydrogen-bond acceptors (Lipinski definition) is 3. The fraction of sp³-hybridized carbons (Fsp3) is 0.737. The van der Waals surface area contributed by atoms with Gasteiger partial charge >= 0.3 is 5.97 Å². The van der Waals surface area contributed by atoms with Gasteiger partial charge in [0.15, 0.2) is 0 Å². The van der Waals surface area contributed by atoms with E-state index in [1.54, 1.807) is 11.1 Å². The molecule has 2 fully saturated rings. The average molecular weight is 304 g/mol. The Morgan fingerprint density at radius 3 is 2.77 bits per heavy atom. The van der Waals surface area contributed by atoms with Crippen molar-refractivity contribution in [3.63, 3.8) is 0 Å². The van der Waals surface area contributed by atoms with Gasteiger partial charge in [0.2, 0.25) is 0 Å². The Bertz CT molecular complexity index is 503. The molecule has 22 heavy (non-hydrogen) atoms. The standard InChI is InChI=1S/C19H28O3/c1-12-4-6-16-13(2)18(21-3)9-8-17(16)15(12)7-5-14-10-11-22-19(14)20/h5,13,16-18H,4,6-11H2,1-3H3/b14-5+. The molecule has 4 unspecified atom stereocenters. The zero-order valence-corrected chi connectivity index (χ0v) is 14.1. The molecule has 4 atom stereocenters. The number of carbonyl (C=O) groups is 1. The fourth-order valence-corrected chi connectivity index (χ4v) is 4.74. The summed E-state index contributed by atoms with van der Waals surface area (Å²) in [4.78, 5) is 11.6. The maximum atomic E-state index is 11.6. The lowest BCUT2D eigenvalue weighted by Crippen LogP contribution is -2.39. The van der Waals surface area contributed by atoms with E-state index in [1.165, 1.54) is 19.3 Å². The second-order valence-corrected chi connectivity index (χ2v) is 7.14. The van der Waals surface area contributed by atoms with Crippen molar-refractivity contribution in [2.45, 2.75) is 58.5 Å². The number of ether oxygens (including phenoxy) is 2. The van der Waals surface area contributed by atoms with Crippen LogP contribution in [0.15, 0.2) is 22.8 Å². The predicted molar refractivity (Wildman–Crippen MR) is 86.4 cm³/mol. The highest BCUT2D eigenvalue weighted by Crippen LogP contribution is 2.48. The maximum Gasteiger partial charge on any atom is 0.333 e. The summed E-state index contributed by atoms with van der Waals surface area (Å²) in [5.41, 5.74) is 4.01. The van der Waals surface area contributed by atoms with E-state index in [0.29, 0.717) is 24.5 Å². The number of cyclic esters (lactones) is 1. The lowest BCUT2D eigenvalue weighted by Gasteiger charge is -2.45. The van der Waals surface area contributed by atoms with Gasteiger partial charge in [0.1, 0.15) is 0 Å². The van der Waals surface area contributed by atoms with E-state index in [-0.39, 0.29) is 5.97 Å². The van der Waals surface area contributed by atoms with E-state index in [0.717, 1.165) is 30.8 Å². The SMILES string of the molecule is COC1CCC2C(C/C=C3\CCOC3=O)=C(C)CCC2C1C. The van der Waals surface area contributed by atoms with Crippen LogP contribution in [0.5, 0.6) is 0 Å². The zero-order valence-electron chi connectivity index (χ0n) is 14.1. The molecule has 3 aliphatic rings. The van der Waals surface area contributed by atoms with Crippen molar-refractivity contribution in [3.05, 3.63) is 22.8 Å². The van der Waals surface area contributed by atoms with Crippen molar-refractivity contribution in [1.82, 2.24) is 0 Å². The van der Waals surface area contributed by atoms with Crippen LogP contribution in [0, 0.1) is 17.8 Å². The molecule has 3 rings (SSSR count). The molecular weight excluding hydrogens is 276 g/mol. The van der Waals surface area contributed by atoms with Gasteiger partial charge in [-0.05, 0) is 56.8 Å². The highest BCUT2D eigenvalue weighted by molar-refractivity contribution is 5.90. The summed E-state index contributed by atoms with van der Waals surface area (Å²) in [5, 5.41) is 0. The topological polar surface area (TPSA) is 35.5 Å². The Hall–Kier alpha value is -1.09. The summed E-state index contributed by atoms with van der Waals surface area (Å²) in [6.07, 6.45) is 9.14. The van der Waals surface area contributed by atoms with Crippen LogP contribution < -0.4 is 0 Å². The Labute approximate surface area is 133 Å². The Kier molecular flexibility index (Phi) is 4.72. The minimum atomic E-state index is -0.109. The fourth-order valence-electron chi connectivity index (χ4n) is 4.74. The van der Waals surface area contributed by atoms with Crippen LogP contribution in [-0.2, 0) is 14.3 Å². The molecule has 0 aromatic rings. The van der Waals surface area contributed by atoms with Gasteiger partial charge in [-0.1, -0.05) is 24.1 Å². The van der Waals surface area contributed by atoms with E-state index >= 15 is 0 Å². The van der Waals surface area contributed by atoms with E-state index in [4.69, 9.17) is 9.47 Å². The highest BCUT2D eigenvalue weighted by atomic mass is 16.5. The minimum Gasteiger partial charge on any atom is -0.462 e. The second-order valence-electron chi connectivity index (χ2n) is 7.14. The normalized spacial score (nSPS) is 37.4. The van der Waals surface area contributed by atoms with Crippen LogP contribution in [0.25, 0.3) is 0 Å². The summed E-state index contributed by atoms with van der Waals surface area (Å²) >= 11 is 0. The first-order chi connectivity index (χ1) is 10.6. The minimum absolute atomic E-state index is 0.109. The lowest BCUT2D eigenvalue weighted by molar-refractivity contribution is -0.135. The molecule has 2 aliphatic carbocycles. The van der Waals surface area contributed by atoms with E-state index in [1.807, 2.05) is 7.11 Å². The van der Waals surface area contributed by atoms with Crippen LogP contribution in [0.3, 0.4) is 0 Å². The molecule has 0 radical (unpaired) electrons. The van der Waals surface area contributed by atoms with E-state index in [2.05, 4.69) is 19.9 Å². The molecule has 0 bridgehead atoms. The van der Waals surface area contributed by atoms with Crippen molar-refractivity contribution in [1.29, 1.82) is 0 Å². The quantitative estimate of drug-likeness (QED) is 0.448. The molecule has 122 valence electrons. The summed E-state index contributed by atoms with van der Waals surface area (Å²) in [6, 6.07) is 0. The van der Waals surface area contributed by atoms with Crippen LogP contribution >= 0.6 is 0 Å². The third-order valence-electron chi connectivity index (χ3n) is 6.13.